The first-order valence-corrected chi connectivity index (χ1v) is 6.52. The van der Waals surface area contributed by atoms with Crippen molar-refractivity contribution in [1.82, 2.24) is 0 Å². The van der Waals surface area contributed by atoms with E-state index in [1.807, 2.05) is 0 Å². The van der Waals surface area contributed by atoms with Crippen LogP contribution in [0.15, 0.2) is 29.2 Å². The minimum absolute atomic E-state index is 0.202. The number of rotatable bonds is 4. The Balaban J connectivity index is 3.10. The van der Waals surface area contributed by atoms with Crippen LogP contribution >= 0.6 is 0 Å². The van der Waals surface area contributed by atoms with E-state index in [-0.39, 0.29) is 4.90 Å². The van der Waals surface area contributed by atoms with Gasteiger partial charge in [0, 0.05) is 0 Å². The quantitative estimate of drug-likeness (QED) is 0.894. The smallest absolute Gasteiger partial charge is 0.310 e. The molecule has 0 aliphatic heterocycles. The number of halogens is 1. The van der Waals surface area contributed by atoms with E-state index in [9.17, 15) is 17.6 Å². The zero-order chi connectivity index (χ0) is 13.3. The number of carbonyl (C=O) groups is 1. The van der Waals surface area contributed by atoms with Gasteiger partial charge in [-0.05, 0) is 32.0 Å². The summed E-state index contributed by atoms with van der Waals surface area (Å²) in [5.74, 6) is -2.45. The lowest BCUT2D eigenvalue weighted by atomic mass is 9.97. The number of benzene rings is 1. The van der Waals surface area contributed by atoms with Gasteiger partial charge in [-0.15, -0.1) is 0 Å². The Morgan fingerprint density at radius 3 is 2.47 bits per heavy atom. The van der Waals surface area contributed by atoms with E-state index < -0.39 is 32.8 Å². The van der Waals surface area contributed by atoms with Gasteiger partial charge in [0.05, 0.1) is 16.1 Å². The first kappa shape index (κ1) is 13.6. The van der Waals surface area contributed by atoms with Gasteiger partial charge in [-0.1, -0.05) is 6.07 Å². The lowest BCUT2D eigenvalue weighted by Gasteiger charge is -2.18. The lowest BCUT2D eigenvalue weighted by Crippen LogP contribution is -2.32. The van der Waals surface area contributed by atoms with Gasteiger partial charge >= 0.3 is 5.97 Å². The highest BCUT2D eigenvalue weighted by Crippen LogP contribution is 2.23. The molecule has 0 unspecified atom stereocenters. The average Bonchev–Trinajstić information content (AvgIpc) is 2.15. The summed E-state index contributed by atoms with van der Waals surface area (Å²) in [5.41, 5.74) is -1.41. The Hall–Kier alpha value is -1.43. The Kier molecular flexibility index (Phi) is 3.56. The van der Waals surface area contributed by atoms with Crippen LogP contribution in [0, 0.1) is 11.2 Å². The first-order chi connectivity index (χ1) is 7.65. The van der Waals surface area contributed by atoms with Crippen LogP contribution in [-0.4, -0.2) is 25.2 Å². The molecular weight excluding hydrogens is 247 g/mol. The topological polar surface area (TPSA) is 71.4 Å². The Morgan fingerprint density at radius 1 is 1.41 bits per heavy atom. The fourth-order valence-electron chi connectivity index (χ4n) is 1.28. The summed E-state index contributed by atoms with van der Waals surface area (Å²) in [4.78, 5) is 10.7. The fraction of sp³-hybridized carbons (Fsp3) is 0.364. The molecule has 0 aliphatic carbocycles. The van der Waals surface area contributed by atoms with Crippen LogP contribution in [0.5, 0.6) is 0 Å². The van der Waals surface area contributed by atoms with Gasteiger partial charge in [0.2, 0.25) is 0 Å². The number of hydrogen-bond donors (Lipinski definition) is 1. The van der Waals surface area contributed by atoms with Crippen molar-refractivity contribution in [2.45, 2.75) is 18.7 Å². The second-order valence-corrected chi connectivity index (χ2v) is 6.40. The third kappa shape index (κ3) is 3.26. The Morgan fingerprint density at radius 2 is 2.00 bits per heavy atom. The number of carboxylic acid groups (broad SMARTS) is 1. The fourth-order valence-corrected chi connectivity index (χ4v) is 3.10. The molecule has 0 aromatic heterocycles. The minimum Gasteiger partial charge on any atom is -0.481 e. The summed E-state index contributed by atoms with van der Waals surface area (Å²) < 4.78 is 36.7. The van der Waals surface area contributed by atoms with Crippen LogP contribution in [0.25, 0.3) is 0 Å². The monoisotopic (exact) mass is 260 g/mol. The lowest BCUT2D eigenvalue weighted by molar-refractivity contribution is -0.145. The van der Waals surface area contributed by atoms with Gasteiger partial charge in [-0.3, -0.25) is 4.79 Å². The number of carboxylic acids is 1. The molecule has 94 valence electrons. The molecule has 1 aromatic rings. The van der Waals surface area contributed by atoms with Crippen molar-refractivity contribution < 1.29 is 22.7 Å². The van der Waals surface area contributed by atoms with Crippen LogP contribution in [0.3, 0.4) is 0 Å². The molecule has 0 heterocycles. The maximum atomic E-state index is 12.9. The molecule has 0 saturated carbocycles. The molecule has 1 N–H and O–H groups in total. The summed E-state index contributed by atoms with van der Waals surface area (Å²) >= 11 is 0. The predicted octanol–water partition coefficient (Wildman–Crippen LogP) is 1.71. The molecule has 4 nitrogen and oxygen atoms in total. The zero-order valence-corrected chi connectivity index (χ0v) is 10.3. The maximum absolute atomic E-state index is 12.9. The molecular formula is C11H13FO4S. The van der Waals surface area contributed by atoms with E-state index in [4.69, 9.17) is 5.11 Å². The standard InChI is InChI=1S/C11H13FO4S/c1-11(2,10(13)14)7-17(15,16)9-5-3-4-8(12)6-9/h3-6H,7H2,1-2H3,(H,13,14). The molecule has 1 rings (SSSR count). The maximum Gasteiger partial charge on any atom is 0.310 e. The van der Waals surface area contributed by atoms with Gasteiger partial charge < -0.3 is 5.11 Å². The van der Waals surface area contributed by atoms with E-state index in [1.165, 1.54) is 26.0 Å². The van der Waals surface area contributed by atoms with Crippen LogP contribution in [-0.2, 0) is 14.6 Å². The van der Waals surface area contributed by atoms with Gasteiger partial charge in [-0.2, -0.15) is 0 Å². The summed E-state index contributed by atoms with van der Waals surface area (Å²) in [6.07, 6.45) is 0. The van der Waals surface area contributed by atoms with E-state index >= 15 is 0 Å². The number of hydrogen-bond acceptors (Lipinski definition) is 3. The summed E-state index contributed by atoms with van der Waals surface area (Å²) in [5, 5.41) is 8.87. The molecule has 0 atom stereocenters. The van der Waals surface area contributed by atoms with Crippen LogP contribution in [0.1, 0.15) is 13.8 Å². The van der Waals surface area contributed by atoms with Crippen molar-refractivity contribution in [2.75, 3.05) is 5.75 Å². The largest absolute Gasteiger partial charge is 0.481 e. The molecule has 0 fully saturated rings. The van der Waals surface area contributed by atoms with Gasteiger partial charge in [0.15, 0.2) is 9.84 Å². The average molecular weight is 260 g/mol. The van der Waals surface area contributed by atoms with Crippen molar-refractivity contribution in [1.29, 1.82) is 0 Å². The predicted molar refractivity (Wildman–Crippen MR) is 59.9 cm³/mol. The molecule has 6 heteroatoms. The highest BCUT2D eigenvalue weighted by Gasteiger charge is 2.34. The molecule has 0 radical (unpaired) electrons. The molecule has 0 aliphatic rings. The van der Waals surface area contributed by atoms with Crippen molar-refractivity contribution >= 4 is 15.8 Å². The molecule has 0 spiro atoms. The highest BCUT2D eigenvalue weighted by molar-refractivity contribution is 7.91. The molecule has 0 bridgehead atoms. The van der Waals surface area contributed by atoms with Crippen LogP contribution in [0.2, 0.25) is 0 Å². The van der Waals surface area contributed by atoms with Crippen molar-refractivity contribution in [3.63, 3.8) is 0 Å². The zero-order valence-electron chi connectivity index (χ0n) is 9.47. The third-order valence-electron chi connectivity index (χ3n) is 2.29. The SMILES string of the molecule is CC(C)(CS(=O)(=O)c1cccc(F)c1)C(=O)O. The van der Waals surface area contributed by atoms with Gasteiger partial charge in [-0.25, -0.2) is 12.8 Å². The number of aliphatic carboxylic acids is 1. The van der Waals surface area contributed by atoms with Crippen LogP contribution in [0.4, 0.5) is 4.39 Å². The number of sulfone groups is 1. The minimum atomic E-state index is -3.81. The van der Waals surface area contributed by atoms with Crippen molar-refractivity contribution in [2.24, 2.45) is 5.41 Å². The van der Waals surface area contributed by atoms with Crippen LogP contribution < -0.4 is 0 Å². The summed E-state index contributed by atoms with van der Waals surface area (Å²) in [6, 6.07) is 4.53. The van der Waals surface area contributed by atoms with Gasteiger partial charge in [0.1, 0.15) is 5.82 Å². The second kappa shape index (κ2) is 4.44. The highest BCUT2D eigenvalue weighted by atomic mass is 32.2. The molecule has 1 aromatic carbocycles. The summed E-state index contributed by atoms with van der Waals surface area (Å²) in [6.45, 7) is 2.62. The molecule has 0 amide bonds. The second-order valence-electron chi connectivity index (χ2n) is 4.41. The van der Waals surface area contributed by atoms with E-state index in [0.29, 0.717) is 0 Å². The van der Waals surface area contributed by atoms with Gasteiger partial charge in [0.25, 0.3) is 0 Å². The van der Waals surface area contributed by atoms with E-state index in [1.54, 1.807) is 0 Å². The Labute approximate surface area is 99.0 Å². The summed E-state index contributed by atoms with van der Waals surface area (Å²) in [7, 11) is -3.81. The van der Waals surface area contributed by atoms with E-state index in [2.05, 4.69) is 0 Å². The van der Waals surface area contributed by atoms with E-state index in [0.717, 1.165) is 12.1 Å². The molecule has 17 heavy (non-hydrogen) atoms. The Bertz CT molecular complexity index is 534. The third-order valence-corrected chi connectivity index (χ3v) is 4.36. The van der Waals surface area contributed by atoms with Crippen molar-refractivity contribution in [3.8, 4) is 0 Å². The van der Waals surface area contributed by atoms with Crippen molar-refractivity contribution in [3.05, 3.63) is 30.1 Å². The first-order valence-electron chi connectivity index (χ1n) is 4.87. The normalized spacial score (nSPS) is 12.4. The molecule has 0 saturated heterocycles.